The fraction of sp³-hybridized carbons (Fsp3) is 0.364. The SMILES string of the molecule is CON=C(CC(=O)OC)c1ccc[n+](C)c1.[I-]. The summed E-state index contributed by atoms with van der Waals surface area (Å²) in [7, 11) is 4.68. The van der Waals surface area contributed by atoms with Crippen LogP contribution in [0.4, 0.5) is 0 Å². The van der Waals surface area contributed by atoms with Gasteiger partial charge in [-0.1, -0.05) is 5.16 Å². The molecule has 0 aromatic carbocycles. The van der Waals surface area contributed by atoms with E-state index in [0.29, 0.717) is 5.71 Å². The number of rotatable bonds is 4. The third kappa shape index (κ3) is 5.12. The minimum atomic E-state index is -0.345. The molecule has 0 amide bonds. The van der Waals surface area contributed by atoms with E-state index in [9.17, 15) is 4.79 Å². The molecule has 0 aliphatic carbocycles. The van der Waals surface area contributed by atoms with Gasteiger partial charge >= 0.3 is 5.97 Å². The van der Waals surface area contributed by atoms with Gasteiger partial charge in [0.05, 0.1) is 19.1 Å². The number of aromatic nitrogens is 1. The van der Waals surface area contributed by atoms with Gasteiger partial charge < -0.3 is 33.6 Å². The van der Waals surface area contributed by atoms with Crippen LogP contribution < -0.4 is 28.5 Å². The average molecular weight is 350 g/mol. The molecule has 0 bridgehead atoms. The maximum absolute atomic E-state index is 11.2. The van der Waals surface area contributed by atoms with E-state index >= 15 is 0 Å². The zero-order valence-corrected chi connectivity index (χ0v) is 12.2. The lowest BCUT2D eigenvalue weighted by Gasteiger charge is -2.03. The van der Waals surface area contributed by atoms with Crippen LogP contribution in [-0.2, 0) is 21.4 Å². The summed E-state index contributed by atoms with van der Waals surface area (Å²) < 4.78 is 6.47. The minimum Gasteiger partial charge on any atom is -1.00 e. The normalized spacial score (nSPS) is 10.4. The Labute approximate surface area is 117 Å². The molecule has 1 aromatic rings. The zero-order chi connectivity index (χ0) is 12.0. The Kier molecular flexibility index (Phi) is 7.44. The molecule has 0 N–H and O–H groups in total. The van der Waals surface area contributed by atoms with Crippen molar-refractivity contribution in [2.24, 2.45) is 12.2 Å². The second-order valence-corrected chi connectivity index (χ2v) is 3.23. The summed E-state index contributed by atoms with van der Waals surface area (Å²) in [5.41, 5.74) is 1.38. The molecule has 0 saturated carbocycles. The van der Waals surface area contributed by atoms with Crippen LogP contribution in [0.5, 0.6) is 0 Å². The van der Waals surface area contributed by atoms with E-state index in [4.69, 9.17) is 4.84 Å². The highest BCUT2D eigenvalue weighted by Crippen LogP contribution is 2.03. The van der Waals surface area contributed by atoms with E-state index in [2.05, 4.69) is 9.89 Å². The molecule has 1 rings (SSSR count). The van der Waals surface area contributed by atoms with Crippen molar-refractivity contribution in [2.45, 2.75) is 6.42 Å². The number of hydrogen-bond donors (Lipinski definition) is 0. The first-order valence-electron chi connectivity index (χ1n) is 4.80. The van der Waals surface area contributed by atoms with Gasteiger partial charge in [-0.25, -0.2) is 4.57 Å². The van der Waals surface area contributed by atoms with E-state index in [1.54, 1.807) is 0 Å². The number of methoxy groups -OCH3 is 1. The Bertz CT molecular complexity index is 407. The van der Waals surface area contributed by atoms with Crippen molar-refractivity contribution in [3.63, 3.8) is 0 Å². The first-order chi connectivity index (χ1) is 7.67. The summed E-state index contributed by atoms with van der Waals surface area (Å²) in [5, 5.41) is 3.83. The van der Waals surface area contributed by atoms with Crippen molar-refractivity contribution in [3.05, 3.63) is 30.1 Å². The highest BCUT2D eigenvalue weighted by atomic mass is 127. The number of hydrogen-bond acceptors (Lipinski definition) is 4. The molecule has 0 aliphatic rings. The third-order valence-electron chi connectivity index (χ3n) is 2.01. The van der Waals surface area contributed by atoms with Crippen LogP contribution >= 0.6 is 0 Å². The standard InChI is InChI=1S/C11H15N2O3.HI/c1-13-6-4-5-9(8-13)10(12-16-3)7-11(14)15-2;/h4-6,8H,7H2,1-3H3;1H/q+1;/p-1. The molecule has 0 radical (unpaired) electrons. The number of ether oxygens (including phenoxy) is 1. The Morgan fingerprint density at radius 1 is 1.47 bits per heavy atom. The molecule has 5 nitrogen and oxygen atoms in total. The van der Waals surface area contributed by atoms with E-state index in [1.165, 1.54) is 14.2 Å². The van der Waals surface area contributed by atoms with Crippen molar-refractivity contribution in [1.82, 2.24) is 0 Å². The molecule has 6 heteroatoms. The molecule has 0 saturated heterocycles. The summed E-state index contributed by atoms with van der Waals surface area (Å²) in [4.78, 5) is 15.9. The molecule has 1 heterocycles. The van der Waals surface area contributed by atoms with Gasteiger partial charge in [0.1, 0.15) is 19.9 Å². The number of aryl methyl sites for hydroxylation is 1. The van der Waals surface area contributed by atoms with Gasteiger partial charge in [-0.15, -0.1) is 0 Å². The predicted molar refractivity (Wildman–Crippen MR) is 57.8 cm³/mol. The molecule has 0 aliphatic heterocycles. The molecule has 0 atom stereocenters. The van der Waals surface area contributed by atoms with E-state index < -0.39 is 0 Å². The molecule has 0 unspecified atom stereocenters. The number of halogens is 1. The number of pyridine rings is 1. The first-order valence-corrected chi connectivity index (χ1v) is 4.80. The van der Waals surface area contributed by atoms with Gasteiger partial charge in [0.25, 0.3) is 0 Å². The lowest BCUT2D eigenvalue weighted by Crippen LogP contribution is -3.00. The van der Waals surface area contributed by atoms with Gasteiger partial charge in [0.15, 0.2) is 12.4 Å². The molecule has 0 fully saturated rings. The number of esters is 1. The van der Waals surface area contributed by atoms with Crippen LogP contribution in [0.3, 0.4) is 0 Å². The Morgan fingerprint density at radius 3 is 2.71 bits per heavy atom. The third-order valence-corrected chi connectivity index (χ3v) is 2.01. The van der Waals surface area contributed by atoms with Crippen molar-refractivity contribution in [3.8, 4) is 0 Å². The number of nitrogens with zero attached hydrogens (tertiary/aromatic N) is 2. The van der Waals surface area contributed by atoms with Gasteiger partial charge in [-0.05, 0) is 6.07 Å². The average Bonchev–Trinajstić information content (AvgIpc) is 2.28. The maximum atomic E-state index is 11.2. The fourth-order valence-electron chi connectivity index (χ4n) is 1.26. The second kappa shape index (κ2) is 7.99. The van der Waals surface area contributed by atoms with Gasteiger partial charge in [-0.2, -0.15) is 0 Å². The second-order valence-electron chi connectivity index (χ2n) is 3.23. The van der Waals surface area contributed by atoms with E-state index in [0.717, 1.165) is 5.56 Å². The highest BCUT2D eigenvalue weighted by molar-refractivity contribution is 6.08. The zero-order valence-electron chi connectivity index (χ0n) is 10.0. The molecule has 0 spiro atoms. The monoisotopic (exact) mass is 350 g/mol. The molecule has 1 aromatic heterocycles. The largest absolute Gasteiger partial charge is 1.00 e. The van der Waals surface area contributed by atoms with Crippen LogP contribution in [0.15, 0.2) is 29.7 Å². The number of carbonyl (C=O) groups is 1. The Morgan fingerprint density at radius 2 is 2.18 bits per heavy atom. The number of oxime groups is 1. The summed E-state index contributed by atoms with van der Waals surface area (Å²) in [5.74, 6) is -0.345. The summed E-state index contributed by atoms with van der Waals surface area (Å²) in [6.07, 6.45) is 3.85. The molecule has 94 valence electrons. The lowest BCUT2D eigenvalue weighted by molar-refractivity contribution is -0.671. The summed E-state index contributed by atoms with van der Waals surface area (Å²) in [6, 6.07) is 3.73. The van der Waals surface area contributed by atoms with Gasteiger partial charge in [0, 0.05) is 6.07 Å². The quantitative estimate of drug-likeness (QED) is 0.197. The summed E-state index contributed by atoms with van der Waals surface area (Å²) >= 11 is 0. The predicted octanol–water partition coefficient (Wildman–Crippen LogP) is -2.57. The van der Waals surface area contributed by atoms with Crippen LogP contribution in [-0.4, -0.2) is 25.9 Å². The van der Waals surface area contributed by atoms with E-state index in [-0.39, 0.29) is 36.4 Å². The van der Waals surface area contributed by atoms with Gasteiger partial charge in [0.2, 0.25) is 0 Å². The topological polar surface area (TPSA) is 51.8 Å². The first kappa shape index (κ1) is 15.8. The maximum Gasteiger partial charge on any atom is 0.311 e. The van der Waals surface area contributed by atoms with Crippen molar-refractivity contribution in [2.75, 3.05) is 14.2 Å². The van der Waals surface area contributed by atoms with Crippen LogP contribution in [0, 0.1) is 0 Å². The smallest absolute Gasteiger partial charge is 0.311 e. The minimum absolute atomic E-state index is 0. The highest BCUT2D eigenvalue weighted by Gasteiger charge is 2.13. The Balaban J connectivity index is 0.00000256. The van der Waals surface area contributed by atoms with E-state index in [1.807, 2.05) is 36.1 Å². The van der Waals surface area contributed by atoms with Crippen LogP contribution in [0.25, 0.3) is 0 Å². The lowest BCUT2D eigenvalue weighted by atomic mass is 10.1. The number of carbonyl (C=O) groups excluding carboxylic acids is 1. The van der Waals surface area contributed by atoms with Crippen molar-refractivity contribution < 1.29 is 42.9 Å². The van der Waals surface area contributed by atoms with Gasteiger partial charge in [-0.3, -0.25) is 4.79 Å². The van der Waals surface area contributed by atoms with Crippen LogP contribution in [0.1, 0.15) is 12.0 Å². The molecular formula is C11H15IN2O3. The van der Waals surface area contributed by atoms with Crippen molar-refractivity contribution >= 4 is 11.7 Å². The molecule has 17 heavy (non-hydrogen) atoms. The fourth-order valence-corrected chi connectivity index (χ4v) is 1.26. The molecular weight excluding hydrogens is 335 g/mol. The summed E-state index contributed by atoms with van der Waals surface area (Å²) in [6.45, 7) is 0. The van der Waals surface area contributed by atoms with Crippen molar-refractivity contribution in [1.29, 1.82) is 0 Å². The van der Waals surface area contributed by atoms with Crippen LogP contribution in [0.2, 0.25) is 0 Å². The Hall–Kier alpha value is -1.18.